The number of methoxy groups -OCH3 is 1. The van der Waals surface area contributed by atoms with Crippen molar-refractivity contribution in [2.24, 2.45) is 5.92 Å². The molecule has 1 aliphatic rings. The summed E-state index contributed by atoms with van der Waals surface area (Å²) in [7, 11) is 1.61. The van der Waals surface area contributed by atoms with Crippen LogP contribution in [0.15, 0.2) is 12.2 Å². The van der Waals surface area contributed by atoms with Crippen LogP contribution in [0.3, 0.4) is 0 Å². The fourth-order valence-electron chi connectivity index (χ4n) is 6.08. The second-order valence-corrected chi connectivity index (χ2v) is 17.8. The van der Waals surface area contributed by atoms with E-state index in [-0.39, 0.29) is 76.8 Å². The van der Waals surface area contributed by atoms with E-state index in [0.717, 1.165) is 28.8 Å². The Kier molecular flexibility index (Phi) is 40.7. The van der Waals surface area contributed by atoms with E-state index < -0.39 is 103 Å². The molecule has 1 heterocycles. The third kappa shape index (κ3) is 35.8. The summed E-state index contributed by atoms with van der Waals surface area (Å²) in [6.45, 7) is 11.2. The van der Waals surface area contributed by atoms with Crippen molar-refractivity contribution < 1.29 is 104 Å². The number of alkyl halides is 2. The summed E-state index contributed by atoms with van der Waals surface area (Å²) in [5.74, 6) is -5.54. The van der Waals surface area contributed by atoms with E-state index in [4.69, 9.17) is 47.4 Å². The van der Waals surface area contributed by atoms with Crippen molar-refractivity contribution in [1.29, 1.82) is 0 Å². The second-order valence-electron chi connectivity index (χ2n) is 16.7. The first-order valence-electron chi connectivity index (χ1n) is 25.4. The highest BCUT2D eigenvalue weighted by Crippen LogP contribution is 2.09. The summed E-state index contributed by atoms with van der Waals surface area (Å²) in [6, 6.07) is -3.39. The number of amides is 7. The highest BCUT2D eigenvalue weighted by molar-refractivity contribution is 7.99. The minimum absolute atomic E-state index is 0.0270. The van der Waals surface area contributed by atoms with Gasteiger partial charge in [0.05, 0.1) is 112 Å². The van der Waals surface area contributed by atoms with Crippen molar-refractivity contribution in [2.45, 2.75) is 90.5 Å². The molecule has 0 aromatic carbocycles. The molecule has 0 spiro atoms. The number of rotatable bonds is 48. The number of hydrogen-bond acceptors (Lipinski definition) is 21. The molecule has 0 radical (unpaired) electrons. The van der Waals surface area contributed by atoms with Crippen LogP contribution in [-0.4, -0.2) is 233 Å². The second kappa shape index (κ2) is 44.8. The number of thioether (sulfide) groups is 1. The van der Waals surface area contributed by atoms with Crippen molar-refractivity contribution in [2.75, 3.05) is 144 Å². The number of carbonyl (C=O) groups excluding carboxylic acids is 9. The van der Waals surface area contributed by atoms with Gasteiger partial charge in [0.15, 0.2) is 0 Å². The average Bonchev–Trinajstić information content (AvgIpc) is 3.72. The first-order chi connectivity index (χ1) is 37.0. The summed E-state index contributed by atoms with van der Waals surface area (Å²) in [5, 5.41) is 13.0. The van der Waals surface area contributed by atoms with Crippen LogP contribution in [0, 0.1) is 5.92 Å². The fraction of sp³-hybridized carbons (Fsp3) is 0.771. The Balaban J connectivity index is 2.46. The lowest BCUT2D eigenvalue weighted by molar-refractivity contribution is -0.156. The highest BCUT2D eigenvalue weighted by atomic mass is 32.2. The molecule has 0 aliphatic carbocycles. The monoisotopic (exact) mass is 1130 g/mol. The van der Waals surface area contributed by atoms with Crippen molar-refractivity contribution in [3.8, 4) is 0 Å². The topological polar surface area (TPSA) is 319 Å². The number of imide groups is 1. The van der Waals surface area contributed by atoms with Crippen LogP contribution < -0.4 is 26.6 Å². The van der Waals surface area contributed by atoms with E-state index in [1.54, 1.807) is 21.0 Å². The van der Waals surface area contributed by atoms with Crippen LogP contribution in [-0.2, 0) is 90.5 Å². The molecule has 0 aromatic rings. The van der Waals surface area contributed by atoms with Crippen LogP contribution in [0.1, 0.15) is 59.8 Å². The van der Waals surface area contributed by atoms with Crippen molar-refractivity contribution in [3.05, 3.63) is 12.2 Å². The van der Waals surface area contributed by atoms with Gasteiger partial charge >= 0.3 is 12.1 Å². The maximum absolute atomic E-state index is 13.3. The fourth-order valence-corrected chi connectivity index (χ4v) is 6.67. The van der Waals surface area contributed by atoms with Crippen LogP contribution >= 0.6 is 11.8 Å². The Labute approximate surface area is 452 Å². The SMILES string of the molecule is CCC(OC(=O)OCCSCNC(=O)[C@H](C)NC(=O)[C@@H](NC(=O)CC[C@H](NC(=O)CCN1C(=O)C=CC1=O)C(=O)NCCOCCOCCOCCOCCOCCOCCOCCOC)C(C)C)C(=O)OCCC(F)F. The van der Waals surface area contributed by atoms with Gasteiger partial charge in [-0.1, -0.05) is 20.8 Å². The van der Waals surface area contributed by atoms with Crippen molar-refractivity contribution in [1.82, 2.24) is 31.5 Å². The Bertz CT molecular complexity index is 1760. The van der Waals surface area contributed by atoms with Crippen molar-refractivity contribution in [3.63, 3.8) is 0 Å². The van der Waals surface area contributed by atoms with E-state index in [2.05, 4.69) is 31.3 Å². The number of carbonyl (C=O) groups is 9. The number of nitrogens with zero attached hydrogens (tertiary/aromatic N) is 1. The summed E-state index contributed by atoms with van der Waals surface area (Å²) in [5.41, 5.74) is 0. The molecule has 0 saturated carbocycles. The Morgan fingerprint density at radius 2 is 1.12 bits per heavy atom. The third-order valence-corrected chi connectivity index (χ3v) is 11.1. The Hall–Kier alpha value is -5.14. The third-order valence-electron chi connectivity index (χ3n) is 10.3. The van der Waals surface area contributed by atoms with Crippen LogP contribution in [0.2, 0.25) is 0 Å². The molecule has 442 valence electrons. The van der Waals surface area contributed by atoms with Gasteiger partial charge in [-0.05, 0) is 25.7 Å². The largest absolute Gasteiger partial charge is 0.509 e. The maximum atomic E-state index is 13.3. The quantitative estimate of drug-likeness (QED) is 0.0232. The molecule has 26 nitrogen and oxygen atoms in total. The highest BCUT2D eigenvalue weighted by Gasteiger charge is 2.30. The smallest absolute Gasteiger partial charge is 0.463 e. The number of hydrogen-bond donors (Lipinski definition) is 5. The zero-order valence-corrected chi connectivity index (χ0v) is 45.6. The molecule has 1 aliphatic heterocycles. The molecule has 1 unspecified atom stereocenters. The van der Waals surface area contributed by atoms with Gasteiger partial charge in [0, 0.05) is 57.4 Å². The molecule has 4 atom stereocenters. The predicted molar refractivity (Wildman–Crippen MR) is 270 cm³/mol. The Morgan fingerprint density at radius 1 is 0.597 bits per heavy atom. The average molecular weight is 1130 g/mol. The lowest BCUT2D eigenvalue weighted by atomic mass is 10.0. The van der Waals surface area contributed by atoms with Crippen molar-refractivity contribution >= 4 is 65.2 Å². The lowest BCUT2D eigenvalue weighted by Crippen LogP contribution is -2.54. The van der Waals surface area contributed by atoms with Gasteiger partial charge in [-0.3, -0.25) is 38.5 Å². The zero-order valence-electron chi connectivity index (χ0n) is 44.8. The minimum Gasteiger partial charge on any atom is -0.463 e. The summed E-state index contributed by atoms with van der Waals surface area (Å²) in [4.78, 5) is 114. The maximum Gasteiger partial charge on any atom is 0.509 e. The predicted octanol–water partition coefficient (Wildman–Crippen LogP) is 0.0279. The Morgan fingerprint density at radius 3 is 1.62 bits per heavy atom. The molecule has 5 N–H and O–H groups in total. The van der Waals surface area contributed by atoms with Gasteiger partial charge in [-0.15, -0.1) is 11.8 Å². The van der Waals surface area contributed by atoms with Crippen LogP contribution in [0.25, 0.3) is 0 Å². The van der Waals surface area contributed by atoms with E-state index in [0.29, 0.717) is 79.3 Å². The molecular formula is C48H80F2N6O20S. The molecule has 7 amide bonds. The normalized spacial score (nSPS) is 13.8. The lowest BCUT2D eigenvalue weighted by Gasteiger charge is -2.24. The minimum atomic E-state index is -2.66. The molecule has 0 aromatic heterocycles. The van der Waals surface area contributed by atoms with Gasteiger partial charge in [0.2, 0.25) is 42.1 Å². The summed E-state index contributed by atoms with van der Waals surface area (Å²) in [6.07, 6.45) is -4.48. The number of ether oxygens (including phenoxy) is 11. The number of halogens is 2. The summed E-state index contributed by atoms with van der Waals surface area (Å²) >= 11 is 1.15. The molecule has 29 heteroatoms. The van der Waals surface area contributed by atoms with E-state index in [1.165, 1.54) is 13.8 Å². The van der Waals surface area contributed by atoms with Gasteiger partial charge in [0.1, 0.15) is 24.7 Å². The molecule has 0 saturated heterocycles. The molecule has 1 rings (SSSR count). The van der Waals surface area contributed by atoms with Crippen LogP contribution in [0.4, 0.5) is 13.6 Å². The van der Waals surface area contributed by atoms with Gasteiger partial charge in [-0.25, -0.2) is 18.4 Å². The van der Waals surface area contributed by atoms with Gasteiger partial charge < -0.3 is 78.7 Å². The first kappa shape index (κ1) is 69.9. The van der Waals surface area contributed by atoms with E-state index >= 15 is 0 Å². The molecule has 0 bridgehead atoms. The first-order valence-corrected chi connectivity index (χ1v) is 26.5. The number of nitrogens with one attached hydrogen (secondary N) is 5. The van der Waals surface area contributed by atoms with Crippen LogP contribution in [0.5, 0.6) is 0 Å². The zero-order chi connectivity index (χ0) is 57.1. The molecule has 0 fully saturated rings. The number of esters is 1. The molecule has 77 heavy (non-hydrogen) atoms. The molecular weight excluding hydrogens is 1050 g/mol. The van der Waals surface area contributed by atoms with Gasteiger partial charge in [-0.2, -0.15) is 0 Å². The standard InChI is InChI=1S/C48H80F2N6O20S/c1-6-37(47(64)74-15-12-38(49)50)76-48(65)75-31-32-77-33-52-44(61)35(4)53-46(63)43(34(2)3)55-39(57)8-7-36(54-40(58)11-14-56-41(59)9-10-42(56)60)45(62)51-13-16-67-19-20-69-23-24-71-27-28-73-30-29-72-26-25-70-22-21-68-18-17-66-5/h9-10,34-38,43H,6-8,11-33H2,1-5H3,(H,51,62)(H,52,61)(H,53,63)(H,54,58)(H,55,57)/t35-,36-,37?,43-/m0/s1. The van der Waals surface area contributed by atoms with Gasteiger partial charge in [0.25, 0.3) is 11.8 Å². The van der Waals surface area contributed by atoms with E-state index in [9.17, 15) is 51.9 Å². The summed E-state index contributed by atoms with van der Waals surface area (Å²) < 4.78 is 82.1. The van der Waals surface area contributed by atoms with E-state index in [1.807, 2.05) is 0 Å².